The Hall–Kier alpha value is -2.54. The average molecular weight is 576 g/mol. The molecule has 8 heteroatoms. The molecule has 5 atom stereocenters. The molecule has 1 saturated heterocycles. The summed E-state index contributed by atoms with van der Waals surface area (Å²) in [5.74, 6) is 0.559. The summed E-state index contributed by atoms with van der Waals surface area (Å²) in [6.07, 6.45) is -1.46. The number of fused-ring (bicyclic) bond motifs is 1. The van der Waals surface area contributed by atoms with E-state index in [9.17, 15) is 18.0 Å². The van der Waals surface area contributed by atoms with Gasteiger partial charge in [-0.25, -0.2) is 0 Å². The van der Waals surface area contributed by atoms with Crippen molar-refractivity contribution in [2.24, 2.45) is 11.8 Å². The zero-order chi connectivity index (χ0) is 27.7. The lowest BCUT2D eigenvalue weighted by Gasteiger charge is -2.47. The molecule has 2 fully saturated rings. The van der Waals surface area contributed by atoms with Crippen molar-refractivity contribution in [1.29, 1.82) is 0 Å². The average Bonchev–Trinajstić information content (AvgIpc) is 2.90. The van der Waals surface area contributed by atoms with Crippen molar-refractivity contribution in [1.82, 2.24) is 10.6 Å². The molecular formula is C31H31Cl2F3N2O. The molecule has 0 bridgehead atoms. The maximum Gasteiger partial charge on any atom is 0.416 e. The van der Waals surface area contributed by atoms with Gasteiger partial charge in [0.15, 0.2) is 0 Å². The van der Waals surface area contributed by atoms with Crippen molar-refractivity contribution in [2.75, 3.05) is 0 Å². The smallest absolute Gasteiger partial charge is 0.353 e. The van der Waals surface area contributed by atoms with Gasteiger partial charge >= 0.3 is 6.18 Å². The molecule has 1 aliphatic carbocycles. The molecule has 206 valence electrons. The number of carbonyl (C=O) groups is 1. The molecule has 39 heavy (non-hydrogen) atoms. The van der Waals surface area contributed by atoms with Gasteiger partial charge in [0.2, 0.25) is 5.91 Å². The molecule has 0 aromatic heterocycles. The van der Waals surface area contributed by atoms with Gasteiger partial charge in [0.25, 0.3) is 0 Å². The van der Waals surface area contributed by atoms with E-state index < -0.39 is 11.7 Å². The summed E-state index contributed by atoms with van der Waals surface area (Å²) >= 11 is 12.4. The summed E-state index contributed by atoms with van der Waals surface area (Å²) < 4.78 is 40.0. The number of carbonyl (C=O) groups excluding carboxylic acids is 1. The lowest BCUT2D eigenvalue weighted by molar-refractivity contribution is -0.137. The van der Waals surface area contributed by atoms with Crippen molar-refractivity contribution in [3.05, 3.63) is 105 Å². The molecule has 1 heterocycles. The number of piperidine rings is 1. The minimum atomic E-state index is -4.40. The van der Waals surface area contributed by atoms with E-state index in [-0.39, 0.29) is 35.9 Å². The highest BCUT2D eigenvalue weighted by molar-refractivity contribution is 6.30. The second-order valence-electron chi connectivity index (χ2n) is 10.8. The Labute approximate surface area is 237 Å². The Morgan fingerprint density at radius 3 is 2.10 bits per heavy atom. The summed E-state index contributed by atoms with van der Waals surface area (Å²) in [6, 6.07) is 20.9. The molecule has 0 radical (unpaired) electrons. The predicted molar refractivity (Wildman–Crippen MR) is 149 cm³/mol. The third kappa shape index (κ3) is 6.45. The lowest BCUT2D eigenvalue weighted by atomic mass is 9.65. The van der Waals surface area contributed by atoms with Gasteiger partial charge in [0.1, 0.15) is 0 Å². The van der Waals surface area contributed by atoms with Crippen LogP contribution in [0.1, 0.15) is 66.8 Å². The summed E-state index contributed by atoms with van der Waals surface area (Å²) in [4.78, 5) is 12.6. The van der Waals surface area contributed by atoms with Crippen molar-refractivity contribution < 1.29 is 18.0 Å². The zero-order valence-electron chi connectivity index (χ0n) is 21.5. The van der Waals surface area contributed by atoms with Gasteiger partial charge in [0.05, 0.1) is 5.56 Å². The minimum Gasteiger partial charge on any atom is -0.353 e. The highest BCUT2D eigenvalue weighted by Crippen LogP contribution is 2.45. The number of nitrogens with one attached hydrogen (secondary N) is 2. The fourth-order valence-electron chi connectivity index (χ4n) is 6.44. The third-order valence-electron chi connectivity index (χ3n) is 8.32. The van der Waals surface area contributed by atoms with E-state index in [1.165, 1.54) is 23.3 Å². The van der Waals surface area contributed by atoms with Crippen molar-refractivity contribution in [3.63, 3.8) is 0 Å². The predicted octanol–water partition coefficient (Wildman–Crippen LogP) is 8.17. The van der Waals surface area contributed by atoms with Crippen LogP contribution in [0.4, 0.5) is 13.2 Å². The van der Waals surface area contributed by atoms with Crippen LogP contribution in [-0.4, -0.2) is 18.0 Å². The van der Waals surface area contributed by atoms with Crippen LogP contribution in [0.3, 0.4) is 0 Å². The number of alkyl halides is 3. The molecule has 0 spiro atoms. The fourth-order valence-corrected chi connectivity index (χ4v) is 6.70. The van der Waals surface area contributed by atoms with Gasteiger partial charge in [-0.2, -0.15) is 13.2 Å². The Bertz CT molecular complexity index is 1250. The SMILES string of the molecule is CC(NC1CC(=O)NC2CCC(C(c3ccc(Cl)cc3)c3ccc(Cl)cc3)CC21)c1cccc(C(F)(F)F)c1. The van der Waals surface area contributed by atoms with Crippen LogP contribution in [0.2, 0.25) is 10.0 Å². The Morgan fingerprint density at radius 2 is 1.51 bits per heavy atom. The molecule has 1 aliphatic heterocycles. The molecule has 3 aromatic rings. The van der Waals surface area contributed by atoms with Gasteiger partial charge in [0, 0.05) is 40.5 Å². The zero-order valence-corrected chi connectivity index (χ0v) is 23.0. The Kier molecular flexibility index (Phi) is 8.27. The monoisotopic (exact) mass is 574 g/mol. The number of hydrogen-bond acceptors (Lipinski definition) is 2. The molecule has 5 rings (SSSR count). The summed E-state index contributed by atoms with van der Waals surface area (Å²) in [5.41, 5.74) is 2.23. The van der Waals surface area contributed by atoms with Gasteiger partial charge in [-0.1, -0.05) is 59.6 Å². The topological polar surface area (TPSA) is 41.1 Å². The molecule has 3 aromatic carbocycles. The largest absolute Gasteiger partial charge is 0.416 e. The maximum atomic E-state index is 13.3. The quantitative estimate of drug-likeness (QED) is 0.311. The first-order chi connectivity index (χ1) is 18.6. The highest BCUT2D eigenvalue weighted by Gasteiger charge is 2.43. The van der Waals surface area contributed by atoms with Gasteiger partial charge < -0.3 is 10.6 Å². The van der Waals surface area contributed by atoms with Crippen LogP contribution in [0.25, 0.3) is 0 Å². The van der Waals surface area contributed by atoms with E-state index in [1.54, 1.807) is 6.07 Å². The normalized spacial score (nSPS) is 24.2. The minimum absolute atomic E-state index is 0.0182. The molecule has 3 nitrogen and oxygen atoms in total. The van der Waals surface area contributed by atoms with E-state index in [0.717, 1.165) is 25.3 Å². The maximum absolute atomic E-state index is 13.3. The van der Waals surface area contributed by atoms with E-state index in [0.29, 0.717) is 27.9 Å². The van der Waals surface area contributed by atoms with Crippen molar-refractivity contribution in [3.8, 4) is 0 Å². The van der Waals surface area contributed by atoms with Crippen LogP contribution < -0.4 is 10.6 Å². The first-order valence-electron chi connectivity index (χ1n) is 13.3. The number of rotatable bonds is 6. The number of benzene rings is 3. The molecule has 1 saturated carbocycles. The van der Waals surface area contributed by atoms with Crippen molar-refractivity contribution in [2.45, 2.75) is 62.8 Å². The van der Waals surface area contributed by atoms with Gasteiger partial charge in [-0.05, 0) is 91.1 Å². The summed E-state index contributed by atoms with van der Waals surface area (Å²) in [7, 11) is 0. The second-order valence-corrected chi connectivity index (χ2v) is 11.7. The first-order valence-corrected chi connectivity index (χ1v) is 14.1. The van der Waals surface area contributed by atoms with Gasteiger partial charge in [-0.3, -0.25) is 4.79 Å². The van der Waals surface area contributed by atoms with Crippen LogP contribution >= 0.6 is 23.2 Å². The fraction of sp³-hybridized carbons (Fsp3) is 0.387. The third-order valence-corrected chi connectivity index (χ3v) is 8.82. The number of halogens is 5. The molecule has 2 N–H and O–H groups in total. The summed E-state index contributed by atoms with van der Waals surface area (Å²) in [5, 5.41) is 8.08. The number of hydrogen-bond donors (Lipinski definition) is 2. The Balaban J connectivity index is 1.40. The van der Waals surface area contributed by atoms with Crippen LogP contribution in [0.5, 0.6) is 0 Å². The summed E-state index contributed by atoms with van der Waals surface area (Å²) in [6.45, 7) is 1.86. The molecule has 1 amide bonds. The van der Waals surface area contributed by atoms with Crippen LogP contribution in [0, 0.1) is 11.8 Å². The molecule has 5 unspecified atom stereocenters. The number of amides is 1. The van der Waals surface area contributed by atoms with E-state index in [2.05, 4.69) is 34.9 Å². The van der Waals surface area contributed by atoms with Crippen LogP contribution in [-0.2, 0) is 11.0 Å². The van der Waals surface area contributed by atoms with Crippen molar-refractivity contribution >= 4 is 29.1 Å². The van der Waals surface area contributed by atoms with E-state index >= 15 is 0 Å². The lowest BCUT2D eigenvalue weighted by Crippen LogP contribution is -2.58. The van der Waals surface area contributed by atoms with E-state index in [1.807, 2.05) is 31.2 Å². The van der Waals surface area contributed by atoms with Crippen LogP contribution in [0.15, 0.2) is 72.8 Å². The second kappa shape index (κ2) is 11.5. The molecular weight excluding hydrogens is 544 g/mol. The van der Waals surface area contributed by atoms with Gasteiger partial charge in [-0.15, -0.1) is 0 Å². The molecule has 2 aliphatic rings. The first kappa shape index (κ1) is 28.0. The standard InChI is InChI=1S/C31H31Cl2F3N2O/c1-18(21-3-2-4-23(15-21)31(34,35)36)37-28-17-29(39)38-27-14-9-22(16-26(27)28)30(19-5-10-24(32)11-6-19)20-7-12-25(33)13-8-20/h2-8,10-13,15,18,22,26-28,30,37H,9,14,16-17H2,1H3,(H,38,39). The highest BCUT2D eigenvalue weighted by atomic mass is 35.5. The Morgan fingerprint density at radius 1 is 0.897 bits per heavy atom. The van der Waals surface area contributed by atoms with E-state index in [4.69, 9.17) is 23.2 Å².